The van der Waals surface area contributed by atoms with Crippen LogP contribution in [0.25, 0.3) is 0 Å². The fraction of sp³-hybridized carbons (Fsp3) is 1.00. The van der Waals surface area contributed by atoms with Gasteiger partial charge in [0.25, 0.3) is 0 Å². The summed E-state index contributed by atoms with van der Waals surface area (Å²) in [7, 11) is 1.77. The first-order valence-corrected chi connectivity index (χ1v) is 6.54. The van der Waals surface area contributed by atoms with E-state index in [0.717, 1.165) is 18.8 Å². The Kier molecular flexibility index (Phi) is 7.44. The standard InChI is InChI=1S/C11H24N2OS/c1-14-10-2-4-12-6-8-13(9-7-12)5-3-11-15/h15H,2-11H2,1H3. The van der Waals surface area contributed by atoms with E-state index in [1.165, 1.54) is 45.7 Å². The van der Waals surface area contributed by atoms with Gasteiger partial charge in [-0.05, 0) is 25.1 Å². The van der Waals surface area contributed by atoms with Gasteiger partial charge >= 0.3 is 0 Å². The van der Waals surface area contributed by atoms with Crippen LogP contribution in [0.1, 0.15) is 12.8 Å². The average Bonchev–Trinajstić information content (AvgIpc) is 2.28. The Morgan fingerprint density at radius 2 is 1.53 bits per heavy atom. The smallest absolute Gasteiger partial charge is 0.0474 e. The maximum Gasteiger partial charge on any atom is 0.0474 e. The van der Waals surface area contributed by atoms with Crippen molar-refractivity contribution >= 4 is 12.6 Å². The fourth-order valence-electron chi connectivity index (χ4n) is 1.96. The first kappa shape index (κ1) is 13.3. The number of hydrogen-bond acceptors (Lipinski definition) is 4. The van der Waals surface area contributed by atoms with Gasteiger partial charge in [0.05, 0.1) is 0 Å². The van der Waals surface area contributed by atoms with Crippen LogP contribution in [0.4, 0.5) is 0 Å². The maximum absolute atomic E-state index is 5.06. The molecule has 1 fully saturated rings. The van der Waals surface area contributed by atoms with Crippen LogP contribution in [0, 0.1) is 0 Å². The molecular weight excluding hydrogens is 208 g/mol. The van der Waals surface area contributed by atoms with Crippen molar-refractivity contribution in [2.75, 3.05) is 58.7 Å². The Labute approximate surface area is 99.2 Å². The second-order valence-electron chi connectivity index (χ2n) is 4.11. The van der Waals surface area contributed by atoms with Crippen molar-refractivity contribution < 1.29 is 4.74 Å². The molecule has 0 atom stereocenters. The van der Waals surface area contributed by atoms with Gasteiger partial charge in [-0.3, -0.25) is 0 Å². The molecule has 3 nitrogen and oxygen atoms in total. The van der Waals surface area contributed by atoms with Crippen molar-refractivity contribution in [3.05, 3.63) is 0 Å². The van der Waals surface area contributed by atoms with Gasteiger partial charge in [0, 0.05) is 46.4 Å². The number of nitrogens with zero attached hydrogens (tertiary/aromatic N) is 2. The zero-order valence-electron chi connectivity index (χ0n) is 9.82. The fourth-order valence-corrected chi connectivity index (χ4v) is 2.10. The number of methoxy groups -OCH3 is 1. The molecule has 0 aromatic carbocycles. The molecule has 0 aromatic rings. The lowest BCUT2D eigenvalue weighted by Gasteiger charge is -2.34. The van der Waals surface area contributed by atoms with Crippen LogP contribution in [-0.4, -0.2) is 68.5 Å². The van der Waals surface area contributed by atoms with Crippen molar-refractivity contribution in [3.8, 4) is 0 Å². The van der Waals surface area contributed by atoms with Crippen molar-refractivity contribution in [2.45, 2.75) is 12.8 Å². The predicted molar refractivity (Wildman–Crippen MR) is 67.8 cm³/mol. The van der Waals surface area contributed by atoms with E-state index >= 15 is 0 Å². The second kappa shape index (κ2) is 8.39. The Morgan fingerprint density at radius 3 is 2.00 bits per heavy atom. The van der Waals surface area contributed by atoms with Gasteiger partial charge in [-0.1, -0.05) is 0 Å². The van der Waals surface area contributed by atoms with E-state index in [2.05, 4.69) is 22.4 Å². The Bertz CT molecular complexity index is 150. The summed E-state index contributed by atoms with van der Waals surface area (Å²) in [5, 5.41) is 0. The molecular formula is C11H24N2OS. The topological polar surface area (TPSA) is 15.7 Å². The van der Waals surface area contributed by atoms with E-state index in [9.17, 15) is 0 Å². The normalized spacial score (nSPS) is 19.6. The molecule has 0 aromatic heterocycles. The lowest BCUT2D eigenvalue weighted by molar-refractivity contribution is 0.117. The van der Waals surface area contributed by atoms with E-state index in [4.69, 9.17) is 4.74 Å². The van der Waals surface area contributed by atoms with Crippen molar-refractivity contribution in [1.82, 2.24) is 9.80 Å². The van der Waals surface area contributed by atoms with Gasteiger partial charge in [0.2, 0.25) is 0 Å². The summed E-state index contributed by atoms with van der Waals surface area (Å²) in [6, 6.07) is 0. The molecule has 0 saturated carbocycles. The first-order valence-electron chi connectivity index (χ1n) is 5.91. The van der Waals surface area contributed by atoms with Gasteiger partial charge in [-0.15, -0.1) is 0 Å². The molecule has 1 aliphatic heterocycles. The van der Waals surface area contributed by atoms with Gasteiger partial charge in [0.15, 0.2) is 0 Å². The van der Waals surface area contributed by atoms with E-state index in [1.54, 1.807) is 7.11 Å². The van der Waals surface area contributed by atoms with E-state index < -0.39 is 0 Å². The van der Waals surface area contributed by atoms with Gasteiger partial charge in [-0.2, -0.15) is 12.6 Å². The quantitative estimate of drug-likeness (QED) is 0.520. The minimum absolute atomic E-state index is 0.889. The Hall–Kier alpha value is 0.230. The Balaban J connectivity index is 2.02. The summed E-state index contributed by atoms with van der Waals surface area (Å²) >= 11 is 4.24. The predicted octanol–water partition coefficient (Wildman–Crippen LogP) is 0.960. The zero-order valence-corrected chi connectivity index (χ0v) is 10.7. The largest absolute Gasteiger partial charge is 0.385 e. The highest BCUT2D eigenvalue weighted by atomic mass is 32.1. The van der Waals surface area contributed by atoms with Crippen molar-refractivity contribution in [3.63, 3.8) is 0 Å². The Morgan fingerprint density at radius 1 is 1.00 bits per heavy atom. The lowest BCUT2D eigenvalue weighted by Crippen LogP contribution is -2.46. The van der Waals surface area contributed by atoms with Crippen LogP contribution < -0.4 is 0 Å². The van der Waals surface area contributed by atoms with Gasteiger partial charge in [0.1, 0.15) is 0 Å². The summed E-state index contributed by atoms with van der Waals surface area (Å²) in [6.07, 6.45) is 2.37. The molecule has 90 valence electrons. The second-order valence-corrected chi connectivity index (χ2v) is 4.55. The molecule has 0 spiro atoms. The summed E-state index contributed by atoms with van der Waals surface area (Å²) in [6.45, 7) is 8.18. The SMILES string of the molecule is COCCCN1CCN(CCCS)CC1. The number of ether oxygens (including phenoxy) is 1. The minimum Gasteiger partial charge on any atom is -0.385 e. The maximum atomic E-state index is 5.06. The van der Waals surface area contributed by atoms with Crippen molar-refractivity contribution in [2.24, 2.45) is 0 Å². The van der Waals surface area contributed by atoms with Crippen LogP contribution in [0.3, 0.4) is 0 Å². The molecule has 0 bridgehead atoms. The van der Waals surface area contributed by atoms with Crippen LogP contribution in [-0.2, 0) is 4.74 Å². The van der Waals surface area contributed by atoms with Crippen LogP contribution in [0.5, 0.6) is 0 Å². The van der Waals surface area contributed by atoms with Crippen molar-refractivity contribution in [1.29, 1.82) is 0 Å². The van der Waals surface area contributed by atoms with E-state index in [0.29, 0.717) is 0 Å². The number of rotatable bonds is 7. The number of hydrogen-bond donors (Lipinski definition) is 1. The zero-order chi connectivity index (χ0) is 10.9. The molecule has 15 heavy (non-hydrogen) atoms. The highest BCUT2D eigenvalue weighted by molar-refractivity contribution is 7.80. The monoisotopic (exact) mass is 232 g/mol. The number of piperazine rings is 1. The van der Waals surface area contributed by atoms with Gasteiger partial charge < -0.3 is 14.5 Å². The highest BCUT2D eigenvalue weighted by Crippen LogP contribution is 2.03. The molecule has 1 heterocycles. The number of thiol groups is 1. The summed E-state index contributed by atoms with van der Waals surface area (Å²) in [5.74, 6) is 1.01. The van der Waals surface area contributed by atoms with E-state index in [1.807, 2.05) is 0 Å². The molecule has 0 unspecified atom stereocenters. The molecule has 4 heteroatoms. The molecule has 0 N–H and O–H groups in total. The molecule has 1 rings (SSSR count). The molecule has 1 aliphatic rings. The first-order chi connectivity index (χ1) is 7.36. The van der Waals surface area contributed by atoms with Crippen LogP contribution in [0.15, 0.2) is 0 Å². The molecule has 0 amide bonds. The van der Waals surface area contributed by atoms with Gasteiger partial charge in [-0.25, -0.2) is 0 Å². The summed E-state index contributed by atoms with van der Waals surface area (Å²) < 4.78 is 5.06. The minimum atomic E-state index is 0.889. The molecule has 0 aliphatic carbocycles. The highest BCUT2D eigenvalue weighted by Gasteiger charge is 2.15. The third-order valence-electron chi connectivity index (χ3n) is 2.92. The summed E-state index contributed by atoms with van der Waals surface area (Å²) in [5.41, 5.74) is 0. The lowest BCUT2D eigenvalue weighted by atomic mass is 10.3. The van der Waals surface area contributed by atoms with E-state index in [-0.39, 0.29) is 0 Å². The average molecular weight is 232 g/mol. The summed E-state index contributed by atoms with van der Waals surface area (Å²) in [4.78, 5) is 5.08. The molecule has 1 saturated heterocycles. The van der Waals surface area contributed by atoms with Crippen LogP contribution in [0.2, 0.25) is 0 Å². The third-order valence-corrected chi connectivity index (χ3v) is 3.24. The third kappa shape index (κ3) is 5.76. The van der Waals surface area contributed by atoms with Crippen LogP contribution >= 0.6 is 12.6 Å². The molecule has 0 radical (unpaired) electrons.